The molecule has 164 valence electrons. The van der Waals surface area contributed by atoms with E-state index < -0.39 is 12.0 Å². The van der Waals surface area contributed by atoms with Gasteiger partial charge in [-0.2, -0.15) is 0 Å². The Balaban J connectivity index is 2.05. The Bertz CT molecular complexity index is 827. The van der Waals surface area contributed by atoms with E-state index in [0.717, 1.165) is 55.4 Å². The van der Waals surface area contributed by atoms with Crippen molar-refractivity contribution >= 4 is 12.4 Å². The number of allylic oxidation sites excluding steroid dienone is 2. The second-order valence-corrected chi connectivity index (χ2v) is 9.28. The lowest BCUT2D eigenvalue weighted by molar-refractivity contribution is -0.137. The van der Waals surface area contributed by atoms with E-state index in [-0.39, 0.29) is 11.5 Å². The van der Waals surface area contributed by atoms with Crippen LogP contribution < -0.4 is 14.8 Å². The minimum atomic E-state index is -0.706. The molecule has 0 bridgehead atoms. The number of nitrogens with one attached hydrogen (secondary N) is 1. The van der Waals surface area contributed by atoms with E-state index in [4.69, 9.17) is 9.47 Å². The zero-order valence-corrected chi connectivity index (χ0v) is 18.9. The van der Waals surface area contributed by atoms with Gasteiger partial charge in [0.15, 0.2) is 0 Å². The van der Waals surface area contributed by atoms with Gasteiger partial charge in [0.05, 0.1) is 0 Å². The molecular formula is C25H35NO4. The Hall–Kier alpha value is -2.30. The molecule has 5 nitrogen and oxygen atoms in total. The first kappa shape index (κ1) is 22.4. The van der Waals surface area contributed by atoms with Crippen molar-refractivity contribution < 1.29 is 19.1 Å². The molecule has 1 amide bonds. The highest BCUT2D eigenvalue weighted by atomic mass is 16.5. The summed E-state index contributed by atoms with van der Waals surface area (Å²) in [6.45, 7) is 10.3. The fourth-order valence-corrected chi connectivity index (χ4v) is 4.74. The van der Waals surface area contributed by atoms with E-state index >= 15 is 0 Å². The van der Waals surface area contributed by atoms with Gasteiger partial charge in [-0.05, 0) is 71.1 Å². The standard InChI is InChI=1S/C25H35NO4/c1-6-7-8-9-18-13-21(29-24(28)17(3)26-15-27)23-19-12-16(2)10-11-20(19)25(4,5)30-22(23)14-18/h12-15,17,19-20H,6-11H2,1-5H3,(H,26,27)/t17-,19+,20+/m0/s1. The van der Waals surface area contributed by atoms with Gasteiger partial charge < -0.3 is 14.8 Å². The summed E-state index contributed by atoms with van der Waals surface area (Å²) in [5, 5.41) is 2.48. The lowest BCUT2D eigenvalue weighted by Gasteiger charge is -2.46. The molecule has 30 heavy (non-hydrogen) atoms. The maximum atomic E-state index is 12.6. The molecule has 1 aliphatic heterocycles. The zero-order valence-electron chi connectivity index (χ0n) is 18.9. The predicted molar refractivity (Wildman–Crippen MR) is 118 cm³/mol. The molecule has 3 atom stereocenters. The predicted octanol–water partition coefficient (Wildman–Crippen LogP) is 5.07. The second-order valence-electron chi connectivity index (χ2n) is 9.28. The first-order chi connectivity index (χ1) is 14.3. The van der Waals surface area contributed by atoms with Crippen LogP contribution in [0.25, 0.3) is 0 Å². The number of hydrogen-bond donors (Lipinski definition) is 1. The molecule has 0 unspecified atom stereocenters. The minimum absolute atomic E-state index is 0.152. The molecule has 0 saturated heterocycles. The van der Waals surface area contributed by atoms with Crippen LogP contribution in [0.2, 0.25) is 0 Å². The fourth-order valence-electron chi connectivity index (χ4n) is 4.74. The summed E-state index contributed by atoms with van der Waals surface area (Å²) in [6.07, 6.45) is 9.27. The van der Waals surface area contributed by atoms with Gasteiger partial charge in [-0.25, -0.2) is 4.79 Å². The van der Waals surface area contributed by atoms with Crippen molar-refractivity contribution in [1.82, 2.24) is 5.32 Å². The van der Waals surface area contributed by atoms with Crippen molar-refractivity contribution in [3.8, 4) is 11.5 Å². The molecule has 1 aliphatic carbocycles. The number of hydrogen-bond acceptors (Lipinski definition) is 4. The smallest absolute Gasteiger partial charge is 0.333 e. The third kappa shape index (κ3) is 4.71. The number of carbonyl (C=O) groups excluding carboxylic acids is 2. The number of aryl methyl sites for hydroxylation is 1. The number of carbonyl (C=O) groups is 2. The van der Waals surface area contributed by atoms with Gasteiger partial charge in [0.1, 0.15) is 23.1 Å². The Morgan fingerprint density at radius 3 is 2.83 bits per heavy atom. The maximum Gasteiger partial charge on any atom is 0.333 e. The van der Waals surface area contributed by atoms with E-state index in [1.165, 1.54) is 5.57 Å². The molecule has 1 aromatic carbocycles. The first-order valence-electron chi connectivity index (χ1n) is 11.2. The Morgan fingerprint density at radius 1 is 1.37 bits per heavy atom. The van der Waals surface area contributed by atoms with Crippen LogP contribution in [0.3, 0.4) is 0 Å². The van der Waals surface area contributed by atoms with Crippen molar-refractivity contribution in [2.75, 3.05) is 0 Å². The Morgan fingerprint density at radius 2 is 2.13 bits per heavy atom. The Labute approximate surface area is 180 Å². The SMILES string of the molecule is CCCCCc1cc(OC(=O)[C@H](C)NC=O)c2c(c1)OC(C)(C)[C@@H]1CCC(C)=C[C@@H]21. The van der Waals surface area contributed by atoms with Gasteiger partial charge in [-0.3, -0.25) is 4.79 Å². The monoisotopic (exact) mass is 413 g/mol. The van der Waals surface area contributed by atoms with Crippen LogP contribution in [-0.4, -0.2) is 24.0 Å². The zero-order chi connectivity index (χ0) is 21.9. The quantitative estimate of drug-likeness (QED) is 0.212. The van der Waals surface area contributed by atoms with Crippen LogP contribution in [0.15, 0.2) is 23.8 Å². The number of ether oxygens (including phenoxy) is 2. The largest absolute Gasteiger partial charge is 0.487 e. The van der Waals surface area contributed by atoms with Gasteiger partial charge in [0, 0.05) is 17.4 Å². The normalized spacial score (nSPS) is 22.6. The molecule has 0 radical (unpaired) electrons. The summed E-state index contributed by atoms with van der Waals surface area (Å²) >= 11 is 0. The lowest BCUT2D eigenvalue weighted by atomic mass is 9.68. The third-order valence-electron chi connectivity index (χ3n) is 6.46. The molecule has 5 heteroatoms. The van der Waals surface area contributed by atoms with Crippen molar-refractivity contribution in [3.63, 3.8) is 0 Å². The molecule has 1 aromatic rings. The second kappa shape index (κ2) is 9.23. The number of esters is 1. The van der Waals surface area contributed by atoms with Gasteiger partial charge in [-0.15, -0.1) is 0 Å². The van der Waals surface area contributed by atoms with Crippen molar-refractivity contribution in [2.45, 2.75) is 90.7 Å². The maximum absolute atomic E-state index is 12.6. The van der Waals surface area contributed by atoms with Crippen molar-refractivity contribution in [3.05, 3.63) is 34.9 Å². The molecule has 1 heterocycles. The summed E-state index contributed by atoms with van der Waals surface area (Å²) in [4.78, 5) is 23.4. The van der Waals surface area contributed by atoms with E-state index in [0.29, 0.717) is 18.1 Å². The number of rotatable bonds is 8. The fraction of sp³-hybridized carbons (Fsp3) is 0.600. The van der Waals surface area contributed by atoms with Crippen molar-refractivity contribution in [2.24, 2.45) is 5.92 Å². The average molecular weight is 414 g/mol. The summed E-state index contributed by atoms with van der Waals surface area (Å²) < 4.78 is 12.4. The molecule has 3 rings (SSSR count). The summed E-state index contributed by atoms with van der Waals surface area (Å²) in [7, 11) is 0. The highest BCUT2D eigenvalue weighted by Gasteiger charge is 2.45. The van der Waals surface area contributed by atoms with Crippen LogP contribution in [0.4, 0.5) is 0 Å². The molecule has 0 aromatic heterocycles. The number of amides is 1. The van der Waals surface area contributed by atoms with Crippen molar-refractivity contribution in [1.29, 1.82) is 0 Å². The van der Waals surface area contributed by atoms with Crippen LogP contribution in [-0.2, 0) is 16.0 Å². The molecular weight excluding hydrogens is 378 g/mol. The minimum Gasteiger partial charge on any atom is -0.487 e. The van der Waals surface area contributed by atoms with Crippen LogP contribution in [0, 0.1) is 5.92 Å². The summed E-state index contributed by atoms with van der Waals surface area (Å²) in [5.74, 6) is 1.40. The molecule has 2 aliphatic rings. The van der Waals surface area contributed by atoms with Crippen LogP contribution in [0.1, 0.15) is 83.8 Å². The van der Waals surface area contributed by atoms with E-state index in [1.807, 2.05) is 6.07 Å². The van der Waals surface area contributed by atoms with E-state index in [9.17, 15) is 9.59 Å². The van der Waals surface area contributed by atoms with Gasteiger partial charge >= 0.3 is 5.97 Å². The molecule has 0 saturated carbocycles. The number of unbranched alkanes of at least 4 members (excludes halogenated alkanes) is 2. The molecule has 0 fully saturated rings. The summed E-state index contributed by atoms with van der Waals surface area (Å²) in [5.41, 5.74) is 3.15. The number of benzene rings is 1. The van der Waals surface area contributed by atoms with E-state index in [1.54, 1.807) is 6.92 Å². The average Bonchev–Trinajstić information content (AvgIpc) is 2.67. The third-order valence-corrected chi connectivity index (χ3v) is 6.46. The summed E-state index contributed by atoms with van der Waals surface area (Å²) in [6, 6.07) is 3.42. The van der Waals surface area contributed by atoms with Gasteiger partial charge in [-0.1, -0.05) is 31.4 Å². The van der Waals surface area contributed by atoms with Gasteiger partial charge in [0.2, 0.25) is 6.41 Å². The van der Waals surface area contributed by atoms with Crippen LogP contribution in [0.5, 0.6) is 11.5 Å². The highest BCUT2D eigenvalue weighted by molar-refractivity contribution is 5.80. The molecule has 0 spiro atoms. The van der Waals surface area contributed by atoms with E-state index in [2.05, 4.69) is 45.2 Å². The topological polar surface area (TPSA) is 64.6 Å². The van der Waals surface area contributed by atoms with Gasteiger partial charge in [0.25, 0.3) is 0 Å². The highest BCUT2D eigenvalue weighted by Crippen LogP contribution is 2.53. The first-order valence-corrected chi connectivity index (χ1v) is 11.2. The Kier molecular flexibility index (Phi) is 6.89. The molecule has 1 N–H and O–H groups in total. The lowest BCUT2D eigenvalue weighted by Crippen LogP contribution is -2.45. The number of fused-ring (bicyclic) bond motifs is 3. The van der Waals surface area contributed by atoms with Crippen LogP contribution >= 0.6 is 0 Å².